The lowest BCUT2D eigenvalue weighted by atomic mass is 9.96. The molecule has 0 radical (unpaired) electrons. The minimum Gasteiger partial charge on any atom is -0.488 e. The number of hydrogen-bond acceptors (Lipinski definition) is 6. The van der Waals surface area contributed by atoms with E-state index in [-0.39, 0.29) is 12.2 Å². The quantitative estimate of drug-likeness (QED) is 0.211. The van der Waals surface area contributed by atoms with Gasteiger partial charge in [-0.05, 0) is 60.0 Å². The Balaban J connectivity index is 1.42. The molecule has 0 bridgehead atoms. The number of hydrogen-bond donors (Lipinski definition) is 0. The van der Waals surface area contributed by atoms with Crippen molar-refractivity contribution in [2.45, 2.75) is 26.5 Å². The van der Waals surface area contributed by atoms with Crippen molar-refractivity contribution < 1.29 is 14.3 Å². The summed E-state index contributed by atoms with van der Waals surface area (Å²) in [6, 6.07) is 28.4. The van der Waals surface area contributed by atoms with Gasteiger partial charge in [0.05, 0.1) is 28.5 Å². The fourth-order valence-electron chi connectivity index (χ4n) is 5.20. The molecule has 1 aromatic heterocycles. The summed E-state index contributed by atoms with van der Waals surface area (Å²) in [6.45, 7) is 4.11. The van der Waals surface area contributed by atoms with Crippen LogP contribution in [0.1, 0.15) is 36.6 Å². The highest BCUT2D eigenvalue weighted by Gasteiger charge is 2.33. The molecule has 0 saturated carbocycles. The van der Waals surface area contributed by atoms with Crippen LogP contribution in [0.25, 0.3) is 16.8 Å². The normalized spacial score (nSPS) is 14.9. The number of ether oxygens (including phenoxy) is 2. The lowest BCUT2D eigenvalue weighted by Crippen LogP contribution is -2.39. The third-order valence-electron chi connectivity index (χ3n) is 7.17. The van der Waals surface area contributed by atoms with Crippen molar-refractivity contribution in [2.24, 2.45) is 4.99 Å². The summed E-state index contributed by atoms with van der Waals surface area (Å²) in [5, 5.41) is 2.85. The zero-order valence-electron chi connectivity index (χ0n) is 23.0. The van der Waals surface area contributed by atoms with Gasteiger partial charge in [0, 0.05) is 10.6 Å². The Morgan fingerprint density at radius 3 is 2.55 bits per heavy atom. The van der Waals surface area contributed by atoms with E-state index in [1.165, 1.54) is 11.3 Å². The van der Waals surface area contributed by atoms with Crippen LogP contribution in [0.2, 0.25) is 5.02 Å². The Kier molecular flexibility index (Phi) is 7.78. The van der Waals surface area contributed by atoms with Crippen molar-refractivity contribution in [1.82, 2.24) is 4.57 Å². The van der Waals surface area contributed by atoms with Gasteiger partial charge in [-0.1, -0.05) is 95.7 Å². The molecule has 0 aliphatic carbocycles. The number of carbonyl (C=O) groups excluding carboxylic acids is 1. The van der Waals surface area contributed by atoms with E-state index in [0.717, 1.165) is 27.5 Å². The minimum absolute atomic E-state index is 0.211. The number of thiazole rings is 1. The van der Waals surface area contributed by atoms with Crippen LogP contribution in [0.5, 0.6) is 5.75 Å². The fraction of sp³-hybridized carbons (Fsp3) is 0.147. The van der Waals surface area contributed by atoms with Crippen molar-refractivity contribution in [3.05, 3.63) is 144 Å². The Bertz CT molecular complexity index is 2020. The number of benzene rings is 4. The predicted molar refractivity (Wildman–Crippen MR) is 167 cm³/mol. The van der Waals surface area contributed by atoms with Gasteiger partial charge >= 0.3 is 5.97 Å². The molecule has 2 heterocycles. The van der Waals surface area contributed by atoms with E-state index < -0.39 is 12.0 Å². The number of aromatic nitrogens is 1. The summed E-state index contributed by atoms with van der Waals surface area (Å²) in [7, 11) is 0. The number of rotatable bonds is 7. The van der Waals surface area contributed by atoms with Crippen molar-refractivity contribution in [3.63, 3.8) is 0 Å². The van der Waals surface area contributed by atoms with Crippen LogP contribution in [0, 0.1) is 0 Å². The van der Waals surface area contributed by atoms with Gasteiger partial charge in [0.25, 0.3) is 5.56 Å². The predicted octanol–water partition coefficient (Wildman–Crippen LogP) is 6.18. The van der Waals surface area contributed by atoms with Crippen LogP contribution >= 0.6 is 22.9 Å². The lowest BCUT2D eigenvalue weighted by Gasteiger charge is -2.24. The van der Waals surface area contributed by atoms with E-state index in [2.05, 4.69) is 29.3 Å². The zero-order valence-corrected chi connectivity index (χ0v) is 24.6. The van der Waals surface area contributed by atoms with E-state index in [4.69, 9.17) is 21.1 Å². The van der Waals surface area contributed by atoms with Crippen LogP contribution in [0.15, 0.2) is 112 Å². The van der Waals surface area contributed by atoms with E-state index in [1.807, 2.05) is 60.7 Å². The number of esters is 1. The monoisotopic (exact) mass is 594 g/mol. The molecule has 0 amide bonds. The van der Waals surface area contributed by atoms with Crippen LogP contribution in [0.4, 0.5) is 0 Å². The third-order valence-corrected chi connectivity index (χ3v) is 8.41. The molecule has 210 valence electrons. The average molecular weight is 595 g/mol. The van der Waals surface area contributed by atoms with Gasteiger partial charge in [-0.15, -0.1) is 0 Å². The van der Waals surface area contributed by atoms with E-state index in [1.54, 1.807) is 30.5 Å². The molecule has 1 atom stereocenters. The molecular weight excluding hydrogens is 568 g/mol. The summed E-state index contributed by atoms with van der Waals surface area (Å²) < 4.78 is 13.7. The Hall–Kier alpha value is -4.46. The highest BCUT2D eigenvalue weighted by Crippen LogP contribution is 2.31. The van der Waals surface area contributed by atoms with Gasteiger partial charge in [-0.3, -0.25) is 9.36 Å². The fourth-order valence-corrected chi connectivity index (χ4v) is 6.36. The van der Waals surface area contributed by atoms with Crippen LogP contribution in [-0.2, 0) is 16.1 Å². The Morgan fingerprint density at radius 2 is 1.74 bits per heavy atom. The van der Waals surface area contributed by atoms with Gasteiger partial charge in [-0.25, -0.2) is 9.79 Å². The SMILES string of the molecule is CCOC(=O)C1=C(C)N=c2sc(=Cc3ccccc3OCc3cccc4ccccc34)c(=O)n2C1c1ccc(Cl)cc1. The van der Waals surface area contributed by atoms with Crippen molar-refractivity contribution in [3.8, 4) is 5.75 Å². The second kappa shape index (κ2) is 11.8. The molecule has 0 fully saturated rings. The van der Waals surface area contributed by atoms with E-state index in [0.29, 0.717) is 38.0 Å². The third kappa shape index (κ3) is 5.29. The number of allylic oxidation sites excluding steroid dienone is 1. The first-order chi connectivity index (χ1) is 20.4. The summed E-state index contributed by atoms with van der Waals surface area (Å²) in [6.07, 6.45) is 1.82. The first kappa shape index (κ1) is 27.7. The maximum atomic E-state index is 14.0. The highest BCUT2D eigenvalue weighted by atomic mass is 35.5. The van der Waals surface area contributed by atoms with Crippen molar-refractivity contribution in [2.75, 3.05) is 6.61 Å². The van der Waals surface area contributed by atoms with Gasteiger partial charge in [0.2, 0.25) is 0 Å². The van der Waals surface area contributed by atoms with Crippen LogP contribution in [-0.4, -0.2) is 17.1 Å². The standard InChI is InChI=1S/C34H27ClN2O4S/c1-3-40-33(39)30-21(2)36-34-37(31(30)23-15-17-26(35)18-16-23)32(38)29(42-34)19-24-10-5-7-14-28(24)41-20-25-12-8-11-22-9-4-6-13-27(22)25/h4-19,31H,3,20H2,1-2H3. The van der Waals surface area contributed by atoms with Crippen LogP contribution < -0.4 is 19.6 Å². The molecule has 4 aromatic carbocycles. The van der Waals surface area contributed by atoms with Gasteiger partial charge in [0.15, 0.2) is 4.80 Å². The van der Waals surface area contributed by atoms with E-state index >= 15 is 0 Å². The van der Waals surface area contributed by atoms with E-state index in [9.17, 15) is 9.59 Å². The highest BCUT2D eigenvalue weighted by molar-refractivity contribution is 7.07. The molecule has 8 heteroatoms. The molecule has 1 unspecified atom stereocenters. The maximum absolute atomic E-state index is 14.0. The largest absolute Gasteiger partial charge is 0.488 e. The van der Waals surface area contributed by atoms with Gasteiger partial charge < -0.3 is 9.47 Å². The molecule has 6 nitrogen and oxygen atoms in total. The lowest BCUT2D eigenvalue weighted by molar-refractivity contribution is -0.139. The molecule has 0 spiro atoms. The summed E-state index contributed by atoms with van der Waals surface area (Å²) in [5.74, 6) is 0.161. The number of nitrogens with zero attached hydrogens (tertiary/aromatic N) is 2. The first-order valence-electron chi connectivity index (χ1n) is 13.6. The summed E-state index contributed by atoms with van der Waals surface area (Å²) in [4.78, 5) is 32.2. The average Bonchev–Trinajstić information content (AvgIpc) is 3.30. The molecule has 1 aliphatic heterocycles. The molecule has 0 N–H and O–H groups in total. The molecule has 1 aliphatic rings. The smallest absolute Gasteiger partial charge is 0.338 e. The molecule has 0 saturated heterocycles. The number of carbonyl (C=O) groups is 1. The Morgan fingerprint density at radius 1 is 1.00 bits per heavy atom. The first-order valence-corrected chi connectivity index (χ1v) is 14.8. The summed E-state index contributed by atoms with van der Waals surface area (Å²) in [5.41, 5.74) is 3.18. The van der Waals surface area contributed by atoms with Crippen molar-refractivity contribution in [1.29, 1.82) is 0 Å². The van der Waals surface area contributed by atoms with Gasteiger partial charge in [-0.2, -0.15) is 0 Å². The minimum atomic E-state index is -0.697. The number of para-hydroxylation sites is 1. The molecule has 5 aromatic rings. The Labute approximate surface area is 251 Å². The zero-order chi connectivity index (χ0) is 29.2. The summed E-state index contributed by atoms with van der Waals surface area (Å²) >= 11 is 7.43. The topological polar surface area (TPSA) is 69.9 Å². The molecular formula is C34H27ClN2O4S. The van der Waals surface area contributed by atoms with Crippen molar-refractivity contribution >= 4 is 45.8 Å². The van der Waals surface area contributed by atoms with Crippen LogP contribution in [0.3, 0.4) is 0 Å². The number of fused-ring (bicyclic) bond motifs is 2. The van der Waals surface area contributed by atoms with Gasteiger partial charge in [0.1, 0.15) is 12.4 Å². The second-order valence-corrected chi connectivity index (χ2v) is 11.3. The maximum Gasteiger partial charge on any atom is 0.338 e. The molecule has 42 heavy (non-hydrogen) atoms. The number of halogens is 1. The second-order valence-electron chi connectivity index (χ2n) is 9.82. The molecule has 6 rings (SSSR count).